The lowest BCUT2D eigenvalue weighted by Gasteiger charge is -2.13. The summed E-state index contributed by atoms with van der Waals surface area (Å²) in [4.78, 5) is 22.3. The van der Waals surface area contributed by atoms with Gasteiger partial charge in [0.05, 0.1) is 10.0 Å². The van der Waals surface area contributed by atoms with Gasteiger partial charge >= 0.3 is 5.97 Å². The van der Waals surface area contributed by atoms with E-state index in [0.717, 1.165) is 5.56 Å². The van der Waals surface area contributed by atoms with Gasteiger partial charge < -0.3 is 10.4 Å². The molecule has 1 rings (SSSR count). The molecule has 2 N–H and O–H groups in total. The number of alkyl halides is 2. The standard InChI is InChI=1S/C14H15Cl2F2NO3/c15-9-5-4-8(6-10(9)16)2-1-3-13(20)19-11(14(21)22)7-12(17)18/h4-6,11-12H,1-3,7H2,(H,19,20)(H,21,22). The summed E-state index contributed by atoms with van der Waals surface area (Å²) in [5, 5.41) is 11.7. The molecule has 0 fully saturated rings. The smallest absolute Gasteiger partial charge is 0.326 e. The molecule has 122 valence electrons. The minimum Gasteiger partial charge on any atom is -0.480 e. The lowest BCUT2D eigenvalue weighted by Crippen LogP contribution is -2.41. The first-order chi connectivity index (χ1) is 10.3. The third kappa shape index (κ3) is 6.58. The number of hydrogen-bond acceptors (Lipinski definition) is 2. The zero-order valence-electron chi connectivity index (χ0n) is 11.5. The Hall–Kier alpha value is -1.40. The van der Waals surface area contributed by atoms with Crippen molar-refractivity contribution in [1.29, 1.82) is 0 Å². The maximum absolute atomic E-state index is 12.2. The molecule has 1 unspecified atom stereocenters. The molecule has 22 heavy (non-hydrogen) atoms. The largest absolute Gasteiger partial charge is 0.480 e. The summed E-state index contributed by atoms with van der Waals surface area (Å²) >= 11 is 11.6. The van der Waals surface area contributed by atoms with Crippen LogP contribution in [0.25, 0.3) is 0 Å². The molecule has 0 saturated heterocycles. The highest BCUT2D eigenvalue weighted by Gasteiger charge is 2.23. The highest BCUT2D eigenvalue weighted by atomic mass is 35.5. The maximum Gasteiger partial charge on any atom is 0.326 e. The third-order valence-electron chi connectivity index (χ3n) is 2.90. The number of rotatable bonds is 8. The second kappa shape index (κ2) is 8.90. The van der Waals surface area contributed by atoms with Crippen LogP contribution in [0.2, 0.25) is 10.0 Å². The van der Waals surface area contributed by atoms with Crippen molar-refractivity contribution in [2.24, 2.45) is 0 Å². The summed E-state index contributed by atoms with van der Waals surface area (Å²) in [6.45, 7) is 0. The van der Waals surface area contributed by atoms with E-state index in [1.54, 1.807) is 18.2 Å². The number of amides is 1. The molecule has 0 saturated carbocycles. The van der Waals surface area contributed by atoms with Gasteiger partial charge in [-0.05, 0) is 30.5 Å². The number of aryl methyl sites for hydroxylation is 1. The first-order valence-corrected chi connectivity index (χ1v) is 7.29. The number of hydrogen-bond donors (Lipinski definition) is 2. The molecule has 1 atom stereocenters. The Morgan fingerprint density at radius 1 is 1.23 bits per heavy atom. The van der Waals surface area contributed by atoms with E-state index >= 15 is 0 Å². The van der Waals surface area contributed by atoms with Crippen molar-refractivity contribution in [1.82, 2.24) is 5.32 Å². The Balaban J connectivity index is 2.41. The van der Waals surface area contributed by atoms with Gasteiger partial charge in [0.2, 0.25) is 12.3 Å². The fraction of sp³-hybridized carbons (Fsp3) is 0.429. The van der Waals surface area contributed by atoms with Gasteiger partial charge in [-0.15, -0.1) is 0 Å². The van der Waals surface area contributed by atoms with Gasteiger partial charge in [-0.2, -0.15) is 0 Å². The van der Waals surface area contributed by atoms with Crippen LogP contribution in [0.3, 0.4) is 0 Å². The van der Waals surface area contributed by atoms with Gasteiger partial charge in [0, 0.05) is 12.8 Å². The van der Waals surface area contributed by atoms with Crippen LogP contribution < -0.4 is 5.32 Å². The lowest BCUT2D eigenvalue weighted by molar-refractivity contribution is -0.143. The Kier molecular flexibility index (Phi) is 7.55. The van der Waals surface area contributed by atoms with Gasteiger partial charge in [0.15, 0.2) is 0 Å². The molecule has 1 aromatic carbocycles. The minimum absolute atomic E-state index is 0.0350. The summed E-state index contributed by atoms with van der Waals surface area (Å²) in [5.41, 5.74) is 0.879. The Morgan fingerprint density at radius 3 is 2.45 bits per heavy atom. The fourth-order valence-corrected chi connectivity index (χ4v) is 2.14. The predicted octanol–water partition coefficient (Wildman–Crippen LogP) is 3.54. The number of benzene rings is 1. The summed E-state index contributed by atoms with van der Waals surface area (Å²) < 4.78 is 24.4. The normalized spacial score (nSPS) is 12.2. The number of carboxylic acids is 1. The quantitative estimate of drug-likeness (QED) is 0.751. The van der Waals surface area contributed by atoms with Gasteiger partial charge in [0.25, 0.3) is 0 Å². The highest BCUT2D eigenvalue weighted by Crippen LogP contribution is 2.23. The summed E-state index contributed by atoms with van der Waals surface area (Å²) in [7, 11) is 0. The van der Waals surface area contributed by atoms with Crippen LogP contribution >= 0.6 is 23.2 Å². The van der Waals surface area contributed by atoms with Gasteiger partial charge in [-0.3, -0.25) is 4.79 Å². The van der Waals surface area contributed by atoms with E-state index in [-0.39, 0.29) is 6.42 Å². The Labute approximate surface area is 136 Å². The fourth-order valence-electron chi connectivity index (χ4n) is 1.81. The third-order valence-corrected chi connectivity index (χ3v) is 3.64. The molecule has 0 spiro atoms. The number of nitrogens with one attached hydrogen (secondary N) is 1. The molecular weight excluding hydrogens is 339 g/mol. The van der Waals surface area contributed by atoms with Crippen molar-refractivity contribution in [3.05, 3.63) is 33.8 Å². The molecule has 1 aromatic rings. The Morgan fingerprint density at radius 2 is 1.91 bits per heavy atom. The maximum atomic E-state index is 12.2. The van der Waals surface area contributed by atoms with E-state index in [1.165, 1.54) is 0 Å². The number of carbonyl (C=O) groups excluding carboxylic acids is 1. The van der Waals surface area contributed by atoms with Gasteiger partial charge in [0.1, 0.15) is 6.04 Å². The first-order valence-electron chi connectivity index (χ1n) is 6.54. The molecule has 0 aliphatic rings. The second-order valence-corrected chi connectivity index (χ2v) is 5.50. The van der Waals surface area contributed by atoms with Gasteiger partial charge in [-0.25, -0.2) is 13.6 Å². The number of aliphatic carboxylic acids is 1. The molecule has 0 aliphatic carbocycles. The van der Waals surface area contributed by atoms with Crippen molar-refractivity contribution >= 4 is 35.1 Å². The van der Waals surface area contributed by atoms with E-state index in [1.807, 2.05) is 0 Å². The monoisotopic (exact) mass is 353 g/mol. The number of halogens is 4. The molecule has 0 radical (unpaired) electrons. The average Bonchev–Trinajstić information content (AvgIpc) is 2.41. The van der Waals surface area contributed by atoms with Crippen LogP contribution in [-0.4, -0.2) is 29.5 Å². The lowest BCUT2D eigenvalue weighted by atomic mass is 10.1. The van der Waals surface area contributed by atoms with E-state index < -0.39 is 30.8 Å². The van der Waals surface area contributed by atoms with Crippen LogP contribution in [0, 0.1) is 0 Å². The second-order valence-electron chi connectivity index (χ2n) is 4.69. The predicted molar refractivity (Wildman–Crippen MR) is 79.6 cm³/mol. The summed E-state index contributed by atoms with van der Waals surface area (Å²) in [6, 6.07) is 3.52. The summed E-state index contributed by atoms with van der Waals surface area (Å²) in [5.74, 6) is -2.05. The van der Waals surface area contributed by atoms with Crippen molar-refractivity contribution in [2.75, 3.05) is 0 Å². The zero-order chi connectivity index (χ0) is 16.7. The molecule has 4 nitrogen and oxygen atoms in total. The van der Waals surface area contributed by atoms with Crippen LogP contribution in [0.1, 0.15) is 24.8 Å². The molecule has 0 aromatic heterocycles. The molecule has 1 amide bonds. The van der Waals surface area contributed by atoms with Crippen LogP contribution in [-0.2, 0) is 16.0 Å². The molecule has 8 heteroatoms. The van der Waals surface area contributed by atoms with Crippen LogP contribution in [0.5, 0.6) is 0 Å². The van der Waals surface area contributed by atoms with E-state index in [2.05, 4.69) is 5.32 Å². The number of carboxylic acid groups (broad SMARTS) is 1. The van der Waals surface area contributed by atoms with Crippen molar-refractivity contribution < 1.29 is 23.5 Å². The zero-order valence-corrected chi connectivity index (χ0v) is 13.0. The number of carbonyl (C=O) groups is 2. The summed E-state index contributed by atoms with van der Waals surface area (Å²) in [6.07, 6.45) is -2.69. The average molecular weight is 354 g/mol. The SMILES string of the molecule is O=C(CCCc1ccc(Cl)c(Cl)c1)NC(CC(F)F)C(=O)O. The van der Waals surface area contributed by atoms with Gasteiger partial charge in [-0.1, -0.05) is 29.3 Å². The Bertz CT molecular complexity index is 541. The molecule has 0 bridgehead atoms. The molecule has 0 aliphatic heterocycles. The van der Waals surface area contributed by atoms with Crippen molar-refractivity contribution in [3.63, 3.8) is 0 Å². The van der Waals surface area contributed by atoms with E-state index in [4.69, 9.17) is 28.3 Å². The highest BCUT2D eigenvalue weighted by molar-refractivity contribution is 6.42. The first kappa shape index (κ1) is 18.6. The molecular formula is C14H15Cl2F2NO3. The van der Waals surface area contributed by atoms with Crippen LogP contribution in [0.4, 0.5) is 8.78 Å². The van der Waals surface area contributed by atoms with E-state index in [9.17, 15) is 18.4 Å². The topological polar surface area (TPSA) is 66.4 Å². The minimum atomic E-state index is -2.79. The van der Waals surface area contributed by atoms with Crippen LogP contribution in [0.15, 0.2) is 18.2 Å². The molecule has 0 heterocycles. The van der Waals surface area contributed by atoms with Crippen molar-refractivity contribution in [2.45, 2.75) is 38.2 Å². The van der Waals surface area contributed by atoms with Crippen molar-refractivity contribution in [3.8, 4) is 0 Å². The van der Waals surface area contributed by atoms with E-state index in [0.29, 0.717) is 22.9 Å².